The van der Waals surface area contributed by atoms with Crippen LogP contribution in [0.3, 0.4) is 0 Å². The van der Waals surface area contributed by atoms with Crippen LogP contribution in [0.5, 0.6) is 0 Å². The fourth-order valence-corrected chi connectivity index (χ4v) is 3.61. The Kier molecular flexibility index (Phi) is 3.20. The van der Waals surface area contributed by atoms with Crippen molar-refractivity contribution in [1.82, 2.24) is 10.3 Å². The number of rotatable bonds is 2. The molecule has 96 valence electrons. The number of nitrogens with zero attached hydrogens (tertiary/aromatic N) is 1. The van der Waals surface area contributed by atoms with Crippen LogP contribution < -0.4 is 10.6 Å². The second-order valence-electron chi connectivity index (χ2n) is 5.54. The molecule has 0 radical (unpaired) electrons. The van der Waals surface area contributed by atoms with E-state index in [9.17, 15) is 0 Å². The highest BCUT2D eigenvalue weighted by Gasteiger charge is 2.39. The van der Waals surface area contributed by atoms with Crippen LogP contribution in [-0.2, 0) is 0 Å². The molecule has 0 aliphatic heterocycles. The fourth-order valence-electron chi connectivity index (χ4n) is 3.35. The van der Waals surface area contributed by atoms with E-state index in [2.05, 4.69) is 15.6 Å². The molecule has 3 nitrogen and oxygen atoms in total. The molecule has 18 heavy (non-hydrogen) atoms. The normalized spacial score (nSPS) is 29.3. The molecule has 2 saturated carbocycles. The number of aromatic nitrogens is 1. The minimum absolute atomic E-state index is 0.577. The van der Waals surface area contributed by atoms with E-state index in [1.807, 2.05) is 25.1 Å². The molecular weight excluding hydrogens is 242 g/mol. The van der Waals surface area contributed by atoms with Crippen molar-refractivity contribution in [3.63, 3.8) is 0 Å². The van der Waals surface area contributed by atoms with Gasteiger partial charge in [-0.25, -0.2) is 4.98 Å². The Balaban J connectivity index is 1.56. The van der Waals surface area contributed by atoms with Crippen LogP contribution in [0.25, 0.3) is 0 Å². The third-order valence-electron chi connectivity index (χ3n) is 4.18. The van der Waals surface area contributed by atoms with Crippen molar-refractivity contribution in [2.75, 3.05) is 5.32 Å². The Morgan fingerprint density at radius 1 is 1.33 bits per heavy atom. The number of aryl methyl sites for hydroxylation is 1. The van der Waals surface area contributed by atoms with Crippen molar-refractivity contribution in [3.05, 3.63) is 23.9 Å². The lowest BCUT2D eigenvalue weighted by Crippen LogP contribution is -2.40. The zero-order valence-electron chi connectivity index (χ0n) is 10.6. The fraction of sp³-hybridized carbons (Fsp3) is 0.571. The molecule has 3 rings (SSSR count). The summed E-state index contributed by atoms with van der Waals surface area (Å²) in [5, 5.41) is 7.35. The average Bonchev–Trinajstić information content (AvgIpc) is 2.90. The lowest BCUT2D eigenvalue weighted by atomic mass is 9.96. The molecule has 1 aromatic heterocycles. The van der Waals surface area contributed by atoms with Crippen molar-refractivity contribution in [2.24, 2.45) is 11.8 Å². The second-order valence-corrected chi connectivity index (χ2v) is 5.95. The van der Waals surface area contributed by atoms with Crippen molar-refractivity contribution in [3.8, 4) is 0 Å². The van der Waals surface area contributed by atoms with Crippen molar-refractivity contribution >= 4 is 23.1 Å². The molecule has 3 atom stereocenters. The summed E-state index contributed by atoms with van der Waals surface area (Å²) in [6, 6.07) is 6.50. The number of hydrogen-bond donors (Lipinski definition) is 2. The van der Waals surface area contributed by atoms with E-state index in [4.69, 9.17) is 12.2 Å². The van der Waals surface area contributed by atoms with Crippen LogP contribution in [0.15, 0.2) is 18.2 Å². The standard InChI is InChI=1S/C14H19N3S/c1-9-3-2-4-13(15-9)17-14(18)16-12-8-10-5-6-11(12)7-10/h2-4,10-12H,5-8H2,1H3,(H2,15,16,17,18)/t10-,11-,12+/m0/s1. The SMILES string of the molecule is Cc1cccc(NC(=S)N[C@@H]2C[C@H]3CC[C@H]2C3)n1. The third kappa shape index (κ3) is 2.48. The van der Waals surface area contributed by atoms with E-state index < -0.39 is 0 Å². The lowest BCUT2D eigenvalue weighted by Gasteiger charge is -2.24. The van der Waals surface area contributed by atoms with Gasteiger partial charge in [-0.3, -0.25) is 0 Å². The van der Waals surface area contributed by atoms with E-state index >= 15 is 0 Å². The molecule has 0 aromatic carbocycles. The Hall–Kier alpha value is -1.16. The number of anilines is 1. The number of hydrogen-bond acceptors (Lipinski definition) is 2. The predicted octanol–water partition coefficient (Wildman–Crippen LogP) is 2.87. The first-order valence-corrected chi connectivity index (χ1v) is 7.13. The highest BCUT2D eigenvalue weighted by atomic mass is 32.1. The summed E-state index contributed by atoms with van der Waals surface area (Å²) in [5.41, 5.74) is 1.00. The van der Waals surface area contributed by atoms with Crippen LogP contribution in [0.2, 0.25) is 0 Å². The first-order chi connectivity index (χ1) is 8.70. The largest absolute Gasteiger partial charge is 0.359 e. The van der Waals surface area contributed by atoms with Crippen LogP contribution >= 0.6 is 12.2 Å². The smallest absolute Gasteiger partial charge is 0.172 e. The van der Waals surface area contributed by atoms with Crippen LogP contribution in [0.1, 0.15) is 31.4 Å². The Labute approximate surface area is 113 Å². The molecule has 2 fully saturated rings. The lowest BCUT2D eigenvalue weighted by molar-refractivity contribution is 0.392. The second kappa shape index (κ2) is 4.84. The number of fused-ring (bicyclic) bond motifs is 2. The molecular formula is C14H19N3S. The zero-order valence-corrected chi connectivity index (χ0v) is 11.5. The molecule has 0 unspecified atom stereocenters. The van der Waals surface area contributed by atoms with Crippen LogP contribution in [0.4, 0.5) is 5.82 Å². The van der Waals surface area contributed by atoms with Gasteiger partial charge >= 0.3 is 0 Å². The molecule has 1 aromatic rings. The summed E-state index contributed by atoms with van der Waals surface area (Å²) in [7, 11) is 0. The molecule has 1 heterocycles. The zero-order chi connectivity index (χ0) is 12.5. The number of pyridine rings is 1. The molecule has 2 N–H and O–H groups in total. The van der Waals surface area contributed by atoms with Crippen molar-refractivity contribution in [1.29, 1.82) is 0 Å². The van der Waals surface area contributed by atoms with E-state index in [1.165, 1.54) is 25.7 Å². The summed E-state index contributed by atoms with van der Waals surface area (Å²) >= 11 is 5.37. The van der Waals surface area contributed by atoms with Gasteiger partial charge in [-0.2, -0.15) is 0 Å². The van der Waals surface area contributed by atoms with Gasteiger partial charge in [0.25, 0.3) is 0 Å². The predicted molar refractivity (Wildman–Crippen MR) is 77.6 cm³/mol. The van der Waals surface area contributed by atoms with Gasteiger partial charge in [0.15, 0.2) is 5.11 Å². The van der Waals surface area contributed by atoms with Crippen LogP contribution in [-0.4, -0.2) is 16.1 Å². The summed E-state index contributed by atoms with van der Waals surface area (Å²) < 4.78 is 0. The quantitative estimate of drug-likeness (QED) is 0.803. The van der Waals surface area contributed by atoms with Gasteiger partial charge in [-0.05, 0) is 62.4 Å². The van der Waals surface area contributed by atoms with E-state index in [1.54, 1.807) is 0 Å². The molecule has 0 saturated heterocycles. The summed E-state index contributed by atoms with van der Waals surface area (Å²) in [6.07, 6.45) is 5.47. The minimum Gasteiger partial charge on any atom is -0.359 e. The van der Waals surface area contributed by atoms with E-state index in [-0.39, 0.29) is 0 Å². The minimum atomic E-state index is 0.577. The van der Waals surface area contributed by atoms with Crippen LogP contribution in [0, 0.1) is 18.8 Å². The molecule has 2 aliphatic carbocycles. The maximum atomic E-state index is 5.37. The van der Waals surface area contributed by atoms with Gasteiger partial charge in [0.1, 0.15) is 5.82 Å². The summed E-state index contributed by atoms with van der Waals surface area (Å²) in [6.45, 7) is 1.98. The maximum absolute atomic E-state index is 5.37. The Bertz CT molecular complexity index is 460. The van der Waals surface area contributed by atoms with Crippen molar-refractivity contribution < 1.29 is 0 Å². The summed E-state index contributed by atoms with van der Waals surface area (Å²) in [4.78, 5) is 4.40. The topological polar surface area (TPSA) is 37.0 Å². The van der Waals surface area contributed by atoms with Gasteiger partial charge in [-0.15, -0.1) is 0 Å². The molecule has 2 bridgehead atoms. The Morgan fingerprint density at radius 2 is 2.22 bits per heavy atom. The highest BCUT2D eigenvalue weighted by molar-refractivity contribution is 7.80. The van der Waals surface area contributed by atoms with Gasteiger partial charge in [0, 0.05) is 11.7 Å². The summed E-state index contributed by atoms with van der Waals surface area (Å²) in [5.74, 6) is 2.60. The number of nitrogens with one attached hydrogen (secondary N) is 2. The van der Waals surface area contributed by atoms with Crippen molar-refractivity contribution in [2.45, 2.75) is 38.6 Å². The molecule has 0 amide bonds. The molecule has 2 aliphatic rings. The van der Waals surface area contributed by atoms with E-state index in [0.29, 0.717) is 11.2 Å². The average molecular weight is 261 g/mol. The van der Waals surface area contributed by atoms with Gasteiger partial charge in [0.05, 0.1) is 0 Å². The Morgan fingerprint density at radius 3 is 2.89 bits per heavy atom. The first kappa shape index (κ1) is 11.9. The first-order valence-electron chi connectivity index (χ1n) is 6.72. The number of thiocarbonyl (C=S) groups is 1. The molecule has 0 spiro atoms. The van der Waals surface area contributed by atoms with Gasteiger partial charge < -0.3 is 10.6 Å². The maximum Gasteiger partial charge on any atom is 0.172 e. The van der Waals surface area contributed by atoms with Gasteiger partial charge in [-0.1, -0.05) is 12.5 Å². The molecule has 4 heteroatoms. The van der Waals surface area contributed by atoms with E-state index in [0.717, 1.165) is 23.3 Å². The van der Waals surface area contributed by atoms with Gasteiger partial charge in [0.2, 0.25) is 0 Å². The highest BCUT2D eigenvalue weighted by Crippen LogP contribution is 2.44. The monoisotopic (exact) mass is 261 g/mol. The third-order valence-corrected chi connectivity index (χ3v) is 4.40.